The van der Waals surface area contributed by atoms with Crippen molar-refractivity contribution >= 4 is 23.4 Å². The molecule has 28 heavy (non-hydrogen) atoms. The van der Waals surface area contributed by atoms with E-state index in [9.17, 15) is 18.0 Å². The number of carbonyl (C=O) groups excluding carboxylic acids is 1. The van der Waals surface area contributed by atoms with Crippen LogP contribution >= 0.6 is 11.8 Å². The van der Waals surface area contributed by atoms with Crippen LogP contribution in [-0.2, 0) is 18.0 Å². The van der Waals surface area contributed by atoms with E-state index in [0.717, 1.165) is 12.1 Å². The lowest BCUT2D eigenvalue weighted by molar-refractivity contribution is -0.137. The molecular weight excluding hydrogens is 389 g/mol. The molecule has 0 radical (unpaired) electrons. The van der Waals surface area contributed by atoms with Gasteiger partial charge in [0.25, 0.3) is 0 Å². The molecule has 0 aliphatic heterocycles. The van der Waals surface area contributed by atoms with Gasteiger partial charge >= 0.3 is 6.18 Å². The fourth-order valence-electron chi connectivity index (χ4n) is 2.48. The van der Waals surface area contributed by atoms with Crippen LogP contribution in [0.1, 0.15) is 22.2 Å². The summed E-state index contributed by atoms with van der Waals surface area (Å²) in [5.74, 6) is 0.240. The van der Waals surface area contributed by atoms with Crippen molar-refractivity contribution in [2.75, 3.05) is 5.32 Å². The number of hydrogen-bond donors (Lipinski definition) is 1. The SMILES string of the molecule is Cc1nnc(S[C@@H](C(=O)Nc2cccc(C(F)(F)F)c2)c2ccccc2)n1C. The molecule has 0 saturated carbocycles. The molecule has 0 unspecified atom stereocenters. The van der Waals surface area contributed by atoms with Crippen molar-refractivity contribution < 1.29 is 18.0 Å². The van der Waals surface area contributed by atoms with Crippen molar-refractivity contribution in [2.45, 2.75) is 23.5 Å². The number of hydrogen-bond acceptors (Lipinski definition) is 4. The summed E-state index contributed by atoms with van der Waals surface area (Å²) in [4.78, 5) is 12.9. The molecule has 9 heteroatoms. The Hall–Kier alpha value is -2.81. The van der Waals surface area contributed by atoms with Crippen molar-refractivity contribution in [3.63, 3.8) is 0 Å². The predicted octanol–water partition coefficient (Wildman–Crippen LogP) is 4.61. The van der Waals surface area contributed by atoms with Gasteiger partial charge in [0, 0.05) is 12.7 Å². The molecule has 3 rings (SSSR count). The zero-order valence-electron chi connectivity index (χ0n) is 15.1. The van der Waals surface area contributed by atoms with Crippen molar-refractivity contribution in [1.29, 1.82) is 0 Å². The van der Waals surface area contributed by atoms with Crippen LogP contribution in [0, 0.1) is 6.92 Å². The summed E-state index contributed by atoms with van der Waals surface area (Å²) in [5.41, 5.74) is -0.0359. The normalized spacial score (nSPS) is 12.6. The molecule has 1 N–H and O–H groups in total. The van der Waals surface area contributed by atoms with Gasteiger partial charge in [-0.3, -0.25) is 4.79 Å². The Balaban J connectivity index is 1.88. The van der Waals surface area contributed by atoms with E-state index in [1.807, 2.05) is 6.07 Å². The van der Waals surface area contributed by atoms with Crippen molar-refractivity contribution in [2.24, 2.45) is 7.05 Å². The second-order valence-electron chi connectivity index (χ2n) is 6.07. The first-order valence-electron chi connectivity index (χ1n) is 8.31. The molecule has 0 saturated heterocycles. The molecule has 0 bridgehead atoms. The highest BCUT2D eigenvalue weighted by Gasteiger charge is 2.31. The number of nitrogens with one attached hydrogen (secondary N) is 1. The van der Waals surface area contributed by atoms with E-state index in [4.69, 9.17) is 0 Å². The van der Waals surface area contributed by atoms with Gasteiger partial charge in [0.1, 0.15) is 11.1 Å². The van der Waals surface area contributed by atoms with Crippen LogP contribution < -0.4 is 5.32 Å². The summed E-state index contributed by atoms with van der Waals surface area (Å²) in [6.07, 6.45) is -4.48. The van der Waals surface area contributed by atoms with Crippen LogP contribution in [0.3, 0.4) is 0 Å². The van der Waals surface area contributed by atoms with Gasteiger partial charge in [-0.25, -0.2) is 0 Å². The van der Waals surface area contributed by atoms with Crippen LogP contribution in [0.2, 0.25) is 0 Å². The number of anilines is 1. The average Bonchev–Trinajstić information content (AvgIpc) is 2.98. The number of thioether (sulfide) groups is 1. The maximum Gasteiger partial charge on any atom is 0.416 e. The number of aromatic nitrogens is 3. The largest absolute Gasteiger partial charge is 0.416 e. The van der Waals surface area contributed by atoms with Gasteiger partial charge in [-0.2, -0.15) is 13.2 Å². The smallest absolute Gasteiger partial charge is 0.325 e. The summed E-state index contributed by atoms with van der Waals surface area (Å²) in [5, 5.41) is 10.4. The summed E-state index contributed by atoms with van der Waals surface area (Å²) in [6.45, 7) is 1.79. The number of aryl methyl sites for hydroxylation is 1. The number of rotatable bonds is 5. The van der Waals surface area contributed by atoms with E-state index in [-0.39, 0.29) is 5.69 Å². The number of halogens is 3. The van der Waals surface area contributed by atoms with Crippen LogP contribution in [0.5, 0.6) is 0 Å². The molecule has 2 aromatic carbocycles. The van der Waals surface area contributed by atoms with Crippen molar-refractivity contribution in [3.05, 3.63) is 71.5 Å². The molecule has 0 fully saturated rings. The van der Waals surface area contributed by atoms with Gasteiger partial charge < -0.3 is 9.88 Å². The number of amides is 1. The Morgan fingerprint density at radius 2 is 1.82 bits per heavy atom. The minimum Gasteiger partial charge on any atom is -0.325 e. The number of alkyl halides is 3. The monoisotopic (exact) mass is 406 g/mol. The minimum atomic E-state index is -4.48. The maximum absolute atomic E-state index is 12.9. The quantitative estimate of drug-likeness (QED) is 0.629. The molecule has 1 aromatic heterocycles. The van der Waals surface area contributed by atoms with E-state index in [0.29, 0.717) is 16.5 Å². The number of carbonyl (C=O) groups is 1. The first-order valence-corrected chi connectivity index (χ1v) is 9.19. The summed E-state index contributed by atoms with van der Waals surface area (Å²) in [7, 11) is 1.78. The highest BCUT2D eigenvalue weighted by Crippen LogP contribution is 2.36. The van der Waals surface area contributed by atoms with E-state index >= 15 is 0 Å². The molecule has 146 valence electrons. The van der Waals surface area contributed by atoms with E-state index in [2.05, 4.69) is 15.5 Å². The Morgan fingerprint density at radius 1 is 1.11 bits per heavy atom. The topological polar surface area (TPSA) is 59.8 Å². The van der Waals surface area contributed by atoms with E-state index in [1.165, 1.54) is 23.9 Å². The molecule has 0 aliphatic rings. The molecule has 3 aromatic rings. The Morgan fingerprint density at radius 3 is 2.43 bits per heavy atom. The lowest BCUT2D eigenvalue weighted by Crippen LogP contribution is -2.20. The molecule has 5 nitrogen and oxygen atoms in total. The van der Waals surface area contributed by atoms with Gasteiger partial charge in [-0.05, 0) is 30.7 Å². The standard InChI is InChI=1S/C19H17F3N4OS/c1-12-24-25-18(26(12)2)28-16(13-7-4-3-5-8-13)17(27)23-15-10-6-9-14(11-15)19(20,21)22/h3-11,16H,1-2H3,(H,23,27)/t16-/m1/s1. The van der Waals surface area contributed by atoms with Crippen LogP contribution in [0.4, 0.5) is 18.9 Å². The highest BCUT2D eigenvalue weighted by atomic mass is 32.2. The molecule has 0 spiro atoms. The maximum atomic E-state index is 12.9. The third kappa shape index (κ3) is 4.53. The average molecular weight is 406 g/mol. The lowest BCUT2D eigenvalue weighted by atomic mass is 10.1. The molecule has 1 atom stereocenters. The second kappa shape index (κ2) is 8.05. The summed E-state index contributed by atoms with van der Waals surface area (Å²) in [6, 6.07) is 13.5. The number of nitrogens with zero attached hydrogens (tertiary/aromatic N) is 3. The molecule has 1 amide bonds. The summed E-state index contributed by atoms with van der Waals surface area (Å²) >= 11 is 1.18. The van der Waals surface area contributed by atoms with Gasteiger partial charge in [-0.15, -0.1) is 10.2 Å². The predicted molar refractivity (Wildman–Crippen MR) is 101 cm³/mol. The Labute approximate surface area is 164 Å². The number of benzene rings is 2. The Bertz CT molecular complexity index is 973. The fourth-order valence-corrected chi connectivity index (χ4v) is 3.53. The van der Waals surface area contributed by atoms with Crippen molar-refractivity contribution in [1.82, 2.24) is 14.8 Å². The fraction of sp³-hybridized carbons (Fsp3) is 0.211. The first-order chi connectivity index (χ1) is 13.3. The lowest BCUT2D eigenvalue weighted by Gasteiger charge is -2.17. The van der Waals surface area contributed by atoms with Gasteiger partial charge in [0.15, 0.2) is 5.16 Å². The Kier molecular flexibility index (Phi) is 5.73. The zero-order valence-corrected chi connectivity index (χ0v) is 15.9. The molecule has 1 heterocycles. The van der Waals surface area contributed by atoms with Gasteiger partial charge in [0.05, 0.1) is 5.56 Å². The van der Waals surface area contributed by atoms with Crippen LogP contribution in [0.25, 0.3) is 0 Å². The van der Waals surface area contributed by atoms with E-state index < -0.39 is 22.9 Å². The second-order valence-corrected chi connectivity index (χ2v) is 7.14. The first kappa shape index (κ1) is 19.9. The molecular formula is C19H17F3N4OS. The van der Waals surface area contributed by atoms with E-state index in [1.54, 1.807) is 42.8 Å². The summed E-state index contributed by atoms with van der Waals surface area (Å²) < 4.78 is 40.5. The van der Waals surface area contributed by atoms with Crippen LogP contribution in [-0.4, -0.2) is 20.7 Å². The molecule has 0 aliphatic carbocycles. The van der Waals surface area contributed by atoms with Gasteiger partial charge in [0.2, 0.25) is 5.91 Å². The van der Waals surface area contributed by atoms with Crippen molar-refractivity contribution in [3.8, 4) is 0 Å². The third-order valence-electron chi connectivity index (χ3n) is 4.07. The van der Waals surface area contributed by atoms with Gasteiger partial charge in [-0.1, -0.05) is 48.2 Å². The highest BCUT2D eigenvalue weighted by molar-refractivity contribution is 8.00. The zero-order chi connectivity index (χ0) is 20.3. The third-order valence-corrected chi connectivity index (χ3v) is 5.36. The van der Waals surface area contributed by atoms with Crippen LogP contribution in [0.15, 0.2) is 59.8 Å². The minimum absolute atomic E-state index is 0.0792.